The van der Waals surface area contributed by atoms with Crippen molar-refractivity contribution >= 4 is 11.9 Å². The van der Waals surface area contributed by atoms with Gasteiger partial charge in [0, 0.05) is 24.2 Å². The van der Waals surface area contributed by atoms with Gasteiger partial charge in [-0.3, -0.25) is 4.79 Å². The third-order valence-corrected chi connectivity index (χ3v) is 5.37. The fourth-order valence-corrected chi connectivity index (χ4v) is 3.61. The van der Waals surface area contributed by atoms with Crippen molar-refractivity contribution in [1.29, 1.82) is 0 Å². The van der Waals surface area contributed by atoms with Gasteiger partial charge in [0.25, 0.3) is 5.91 Å². The topological polar surface area (TPSA) is 101 Å². The van der Waals surface area contributed by atoms with Crippen LogP contribution in [0.4, 0.5) is 10.3 Å². The molecule has 0 fully saturated rings. The van der Waals surface area contributed by atoms with Gasteiger partial charge in [0.1, 0.15) is 17.2 Å². The lowest BCUT2D eigenvalue weighted by atomic mass is 10.1. The van der Waals surface area contributed by atoms with Crippen LogP contribution in [0.5, 0.6) is 0 Å². The summed E-state index contributed by atoms with van der Waals surface area (Å²) in [6.07, 6.45) is 4.84. The molecule has 2 aromatic carbocycles. The van der Waals surface area contributed by atoms with Gasteiger partial charge in [-0.2, -0.15) is 4.68 Å². The van der Waals surface area contributed by atoms with Crippen molar-refractivity contribution in [2.24, 2.45) is 0 Å². The standard InChI is InChI=1S/C25H20FN7O/c1-16(17-5-3-2-4-6-17)29-25-28-14-12-21(30-25)23-22(18-7-9-20(26)10-8-18)31-32-33(23)24(34)19-11-13-27-15-19/h2-16,27H,1H3,(H,28,29,30). The zero-order valence-corrected chi connectivity index (χ0v) is 18.2. The summed E-state index contributed by atoms with van der Waals surface area (Å²) in [7, 11) is 0. The molecule has 0 aliphatic heterocycles. The minimum Gasteiger partial charge on any atom is -0.367 e. The van der Waals surface area contributed by atoms with Crippen LogP contribution in [-0.4, -0.2) is 35.9 Å². The van der Waals surface area contributed by atoms with Crippen LogP contribution in [0, 0.1) is 5.82 Å². The number of rotatable bonds is 6. The molecule has 0 saturated heterocycles. The van der Waals surface area contributed by atoms with Crippen LogP contribution in [0.2, 0.25) is 0 Å². The average molecular weight is 453 g/mol. The van der Waals surface area contributed by atoms with E-state index in [2.05, 4.69) is 30.6 Å². The maximum atomic E-state index is 13.5. The van der Waals surface area contributed by atoms with E-state index in [0.717, 1.165) is 5.56 Å². The zero-order valence-electron chi connectivity index (χ0n) is 18.2. The molecule has 1 atom stereocenters. The lowest BCUT2D eigenvalue weighted by molar-refractivity contribution is 0.0945. The van der Waals surface area contributed by atoms with Crippen molar-refractivity contribution in [3.05, 3.63) is 102 Å². The largest absolute Gasteiger partial charge is 0.367 e. The smallest absolute Gasteiger partial charge is 0.281 e. The monoisotopic (exact) mass is 453 g/mol. The number of benzene rings is 2. The van der Waals surface area contributed by atoms with Gasteiger partial charge < -0.3 is 10.3 Å². The highest BCUT2D eigenvalue weighted by Gasteiger charge is 2.24. The number of hydrogen-bond donors (Lipinski definition) is 2. The van der Waals surface area contributed by atoms with Gasteiger partial charge in [0.05, 0.1) is 17.3 Å². The van der Waals surface area contributed by atoms with Crippen molar-refractivity contribution in [3.63, 3.8) is 0 Å². The van der Waals surface area contributed by atoms with E-state index in [-0.39, 0.29) is 17.8 Å². The predicted octanol–water partition coefficient (Wildman–Crippen LogP) is 4.73. The second-order valence-corrected chi connectivity index (χ2v) is 7.65. The Bertz CT molecular complexity index is 1410. The maximum absolute atomic E-state index is 13.5. The molecule has 0 radical (unpaired) electrons. The molecule has 0 aliphatic carbocycles. The molecule has 5 rings (SSSR count). The van der Waals surface area contributed by atoms with E-state index in [0.29, 0.717) is 34.2 Å². The summed E-state index contributed by atoms with van der Waals surface area (Å²) in [5.41, 5.74) is 3.35. The van der Waals surface area contributed by atoms with Gasteiger partial charge in [-0.15, -0.1) is 5.10 Å². The Balaban J connectivity index is 1.58. The van der Waals surface area contributed by atoms with E-state index >= 15 is 0 Å². The minimum absolute atomic E-state index is 0.0439. The van der Waals surface area contributed by atoms with E-state index in [9.17, 15) is 9.18 Å². The van der Waals surface area contributed by atoms with Gasteiger partial charge in [-0.25, -0.2) is 14.4 Å². The number of anilines is 1. The number of nitrogens with one attached hydrogen (secondary N) is 2. The van der Waals surface area contributed by atoms with E-state index in [1.165, 1.54) is 16.8 Å². The summed E-state index contributed by atoms with van der Waals surface area (Å²) in [5.74, 6) is -0.354. The van der Waals surface area contributed by atoms with Gasteiger partial charge in [-0.1, -0.05) is 35.5 Å². The Hall–Kier alpha value is -4.66. The van der Waals surface area contributed by atoms with Gasteiger partial charge in [-0.05, 0) is 48.9 Å². The van der Waals surface area contributed by atoms with E-state index in [1.807, 2.05) is 37.3 Å². The van der Waals surface area contributed by atoms with Crippen molar-refractivity contribution in [2.45, 2.75) is 13.0 Å². The summed E-state index contributed by atoms with van der Waals surface area (Å²) in [5, 5.41) is 11.6. The van der Waals surface area contributed by atoms with Crippen LogP contribution < -0.4 is 5.32 Å². The van der Waals surface area contributed by atoms with Gasteiger partial charge >= 0.3 is 0 Å². The third kappa shape index (κ3) is 4.18. The molecular weight excluding hydrogens is 433 g/mol. The Labute approximate surface area is 194 Å². The molecule has 0 amide bonds. The first-order valence-corrected chi connectivity index (χ1v) is 10.6. The van der Waals surface area contributed by atoms with E-state index < -0.39 is 0 Å². The Morgan fingerprint density at radius 1 is 1.06 bits per heavy atom. The SMILES string of the molecule is CC(Nc1nccc(-c2c(-c3ccc(F)cc3)nnn2C(=O)c2cc[nH]c2)n1)c1ccccc1. The summed E-state index contributed by atoms with van der Waals surface area (Å²) < 4.78 is 14.7. The normalized spacial score (nSPS) is 11.8. The van der Waals surface area contributed by atoms with Crippen LogP contribution in [-0.2, 0) is 0 Å². The average Bonchev–Trinajstić information content (AvgIpc) is 3.56. The van der Waals surface area contributed by atoms with Crippen molar-refractivity contribution in [3.8, 4) is 22.6 Å². The second-order valence-electron chi connectivity index (χ2n) is 7.65. The van der Waals surface area contributed by atoms with Crippen LogP contribution in [0.25, 0.3) is 22.6 Å². The first kappa shape index (κ1) is 21.2. The lowest BCUT2D eigenvalue weighted by Gasteiger charge is -2.15. The molecule has 5 aromatic rings. The first-order valence-electron chi connectivity index (χ1n) is 10.6. The first-order chi connectivity index (χ1) is 16.6. The number of aromatic amines is 1. The Morgan fingerprint density at radius 3 is 2.59 bits per heavy atom. The highest BCUT2D eigenvalue weighted by Crippen LogP contribution is 2.30. The molecular formula is C25H20FN7O. The number of hydrogen-bond acceptors (Lipinski definition) is 6. The number of nitrogens with zero attached hydrogens (tertiary/aromatic N) is 5. The number of carbonyl (C=O) groups is 1. The third-order valence-electron chi connectivity index (χ3n) is 5.37. The predicted molar refractivity (Wildman–Crippen MR) is 125 cm³/mol. The highest BCUT2D eigenvalue weighted by atomic mass is 19.1. The van der Waals surface area contributed by atoms with Gasteiger partial charge in [0.15, 0.2) is 0 Å². The molecule has 0 saturated carbocycles. The van der Waals surface area contributed by atoms with Crippen LogP contribution >= 0.6 is 0 Å². The van der Waals surface area contributed by atoms with E-state index in [4.69, 9.17) is 0 Å². The molecule has 1 unspecified atom stereocenters. The number of aromatic nitrogens is 6. The maximum Gasteiger partial charge on any atom is 0.281 e. The van der Waals surface area contributed by atoms with Crippen LogP contribution in [0.1, 0.15) is 28.9 Å². The summed E-state index contributed by atoms with van der Waals surface area (Å²) in [6.45, 7) is 2.01. The number of halogens is 1. The second kappa shape index (κ2) is 9.07. The molecule has 9 heteroatoms. The minimum atomic E-state index is -0.372. The molecule has 2 N–H and O–H groups in total. The lowest BCUT2D eigenvalue weighted by Crippen LogP contribution is -2.15. The Morgan fingerprint density at radius 2 is 1.85 bits per heavy atom. The summed E-state index contributed by atoms with van der Waals surface area (Å²) in [6, 6.07) is 19.1. The molecule has 168 valence electrons. The van der Waals surface area contributed by atoms with Crippen molar-refractivity contribution < 1.29 is 9.18 Å². The Kier molecular flexibility index (Phi) is 5.65. The fraction of sp³-hybridized carbons (Fsp3) is 0.0800. The number of H-pyrrole nitrogens is 1. The molecule has 0 spiro atoms. The molecule has 3 heterocycles. The molecule has 8 nitrogen and oxygen atoms in total. The van der Waals surface area contributed by atoms with Crippen LogP contribution in [0.3, 0.4) is 0 Å². The molecule has 0 bridgehead atoms. The van der Waals surface area contributed by atoms with Gasteiger partial charge in [0.2, 0.25) is 5.95 Å². The molecule has 0 aliphatic rings. The highest BCUT2D eigenvalue weighted by molar-refractivity contribution is 5.98. The van der Waals surface area contributed by atoms with E-state index in [1.54, 1.807) is 42.9 Å². The molecule has 3 aromatic heterocycles. The van der Waals surface area contributed by atoms with Crippen LogP contribution in [0.15, 0.2) is 85.3 Å². The fourth-order valence-electron chi connectivity index (χ4n) is 3.61. The summed E-state index contributed by atoms with van der Waals surface area (Å²) >= 11 is 0. The van der Waals surface area contributed by atoms with Crippen molar-refractivity contribution in [1.82, 2.24) is 29.9 Å². The van der Waals surface area contributed by atoms with Crippen molar-refractivity contribution in [2.75, 3.05) is 5.32 Å². The number of carbonyl (C=O) groups excluding carboxylic acids is 1. The molecule has 34 heavy (non-hydrogen) atoms. The zero-order chi connectivity index (χ0) is 23.5. The summed E-state index contributed by atoms with van der Waals surface area (Å²) in [4.78, 5) is 25.0. The quantitative estimate of drug-likeness (QED) is 0.385.